The lowest BCUT2D eigenvalue weighted by atomic mass is 10.1. The summed E-state index contributed by atoms with van der Waals surface area (Å²) in [6, 6.07) is 2.53. The van der Waals surface area contributed by atoms with Crippen molar-refractivity contribution in [3.05, 3.63) is 28.2 Å². The molecule has 1 rings (SSSR count). The van der Waals surface area contributed by atoms with Crippen molar-refractivity contribution in [1.29, 1.82) is 0 Å². The van der Waals surface area contributed by atoms with Crippen LogP contribution in [0.3, 0.4) is 0 Å². The highest BCUT2D eigenvalue weighted by Gasteiger charge is 2.20. The Balaban J connectivity index is 2.71. The predicted octanol–water partition coefficient (Wildman–Crippen LogP) is -1.75. The molecule has 0 bridgehead atoms. The number of hydrogen-bond donors (Lipinski definition) is 3. The zero-order valence-corrected chi connectivity index (χ0v) is 9.67. The Bertz CT molecular complexity index is 467. The predicted molar refractivity (Wildman–Crippen MR) is 59.5 cm³/mol. The van der Waals surface area contributed by atoms with Crippen LogP contribution in [-0.4, -0.2) is 44.7 Å². The van der Waals surface area contributed by atoms with Crippen molar-refractivity contribution in [2.45, 2.75) is 12.5 Å². The van der Waals surface area contributed by atoms with Crippen LogP contribution in [0.1, 0.15) is 17.4 Å². The van der Waals surface area contributed by atoms with E-state index < -0.39 is 18.1 Å². The molecule has 0 saturated carbocycles. The number of carbonyl (C=O) groups excluding carboxylic acids is 1. The molecule has 1 aromatic rings. The first-order valence-corrected chi connectivity index (χ1v) is 5.01. The molecule has 0 aliphatic carbocycles. The molecule has 0 aliphatic heterocycles. The number of rotatable bonds is 4. The molecule has 17 heavy (non-hydrogen) atoms. The standard InChI is InChI=1S/C10H15N3O4/c1-10(17,6-14)5-11-9(16)7-3-4-8(15)13(2)12-7/h3-4,14,17H,5-6H2,1-2H3,(H,11,16). The summed E-state index contributed by atoms with van der Waals surface area (Å²) in [6.07, 6.45) is 0. The van der Waals surface area contributed by atoms with Gasteiger partial charge < -0.3 is 15.5 Å². The van der Waals surface area contributed by atoms with E-state index in [0.717, 1.165) is 4.68 Å². The molecule has 94 valence electrons. The zero-order valence-electron chi connectivity index (χ0n) is 9.67. The molecule has 0 aliphatic rings. The number of aryl methyl sites for hydroxylation is 1. The first-order chi connectivity index (χ1) is 7.85. The number of nitrogens with one attached hydrogen (secondary N) is 1. The summed E-state index contributed by atoms with van der Waals surface area (Å²) in [7, 11) is 1.43. The van der Waals surface area contributed by atoms with Crippen molar-refractivity contribution in [2.75, 3.05) is 13.2 Å². The third-order valence-corrected chi connectivity index (χ3v) is 2.16. The minimum absolute atomic E-state index is 0.0702. The van der Waals surface area contributed by atoms with Crippen LogP contribution in [0.15, 0.2) is 16.9 Å². The minimum atomic E-state index is -1.38. The monoisotopic (exact) mass is 241 g/mol. The summed E-state index contributed by atoms with van der Waals surface area (Å²) < 4.78 is 1.04. The lowest BCUT2D eigenvalue weighted by Gasteiger charge is -2.20. The first kappa shape index (κ1) is 13.3. The summed E-state index contributed by atoms with van der Waals surface area (Å²) >= 11 is 0. The third kappa shape index (κ3) is 3.65. The number of amides is 1. The van der Waals surface area contributed by atoms with Crippen LogP contribution >= 0.6 is 0 Å². The highest BCUT2D eigenvalue weighted by atomic mass is 16.3. The Kier molecular flexibility index (Phi) is 3.97. The summed E-state index contributed by atoms with van der Waals surface area (Å²) in [5, 5.41) is 24.4. The molecule has 0 fully saturated rings. The van der Waals surface area contributed by atoms with E-state index in [-0.39, 0.29) is 17.8 Å². The maximum absolute atomic E-state index is 11.6. The normalized spacial score (nSPS) is 14.1. The van der Waals surface area contributed by atoms with E-state index in [0.29, 0.717) is 0 Å². The maximum Gasteiger partial charge on any atom is 0.271 e. The number of aliphatic hydroxyl groups excluding tert-OH is 1. The van der Waals surface area contributed by atoms with Gasteiger partial charge in [-0.1, -0.05) is 0 Å². The number of nitrogens with zero attached hydrogens (tertiary/aromatic N) is 2. The second kappa shape index (κ2) is 5.07. The van der Waals surface area contributed by atoms with Crippen LogP contribution < -0.4 is 10.9 Å². The molecule has 3 N–H and O–H groups in total. The van der Waals surface area contributed by atoms with Crippen LogP contribution in [0.2, 0.25) is 0 Å². The van der Waals surface area contributed by atoms with Gasteiger partial charge in [-0.3, -0.25) is 9.59 Å². The highest BCUT2D eigenvalue weighted by molar-refractivity contribution is 5.92. The molecule has 0 saturated heterocycles. The van der Waals surface area contributed by atoms with Gasteiger partial charge in [0.2, 0.25) is 0 Å². The minimum Gasteiger partial charge on any atom is -0.393 e. The molecule has 1 aromatic heterocycles. The lowest BCUT2D eigenvalue weighted by molar-refractivity contribution is 0.00314. The quantitative estimate of drug-likeness (QED) is 0.580. The Morgan fingerprint density at radius 1 is 1.59 bits per heavy atom. The van der Waals surface area contributed by atoms with E-state index in [9.17, 15) is 14.7 Å². The summed E-state index contributed by atoms with van der Waals surface area (Å²) in [5.41, 5.74) is -1.62. The van der Waals surface area contributed by atoms with Crippen molar-refractivity contribution < 1.29 is 15.0 Å². The topological polar surface area (TPSA) is 104 Å². The van der Waals surface area contributed by atoms with Gasteiger partial charge in [0.15, 0.2) is 0 Å². The van der Waals surface area contributed by atoms with E-state index in [1.54, 1.807) is 0 Å². The van der Waals surface area contributed by atoms with Gasteiger partial charge in [-0.25, -0.2) is 4.68 Å². The molecular weight excluding hydrogens is 226 g/mol. The molecule has 1 amide bonds. The fraction of sp³-hybridized carbons (Fsp3) is 0.500. The Labute approximate surface area is 97.7 Å². The lowest BCUT2D eigenvalue weighted by Crippen LogP contribution is -2.43. The zero-order chi connectivity index (χ0) is 13.1. The molecule has 7 heteroatoms. The second-order valence-corrected chi connectivity index (χ2v) is 4.02. The largest absolute Gasteiger partial charge is 0.393 e. The highest BCUT2D eigenvalue weighted by Crippen LogP contribution is 1.99. The molecule has 1 unspecified atom stereocenters. The SMILES string of the molecule is Cn1nc(C(=O)NCC(C)(O)CO)ccc1=O. The van der Waals surface area contributed by atoms with Crippen LogP contribution in [0.25, 0.3) is 0 Å². The van der Waals surface area contributed by atoms with Crippen molar-refractivity contribution in [3.63, 3.8) is 0 Å². The number of aromatic nitrogens is 2. The van der Waals surface area contributed by atoms with Crippen LogP contribution in [0.4, 0.5) is 0 Å². The molecular formula is C10H15N3O4. The van der Waals surface area contributed by atoms with Gasteiger partial charge in [0.1, 0.15) is 11.3 Å². The molecule has 0 radical (unpaired) electrons. The van der Waals surface area contributed by atoms with Crippen LogP contribution in [-0.2, 0) is 7.05 Å². The second-order valence-electron chi connectivity index (χ2n) is 4.02. The summed E-state index contributed by atoms with van der Waals surface area (Å²) in [5.74, 6) is -0.519. The summed E-state index contributed by atoms with van der Waals surface area (Å²) in [6.45, 7) is 0.822. The molecule has 0 aromatic carbocycles. The number of aliphatic hydroxyl groups is 2. The van der Waals surface area contributed by atoms with Gasteiger partial charge in [0.25, 0.3) is 11.5 Å². The Morgan fingerprint density at radius 3 is 2.76 bits per heavy atom. The van der Waals surface area contributed by atoms with E-state index in [1.165, 1.54) is 26.1 Å². The Hall–Kier alpha value is -1.73. The summed E-state index contributed by atoms with van der Waals surface area (Å²) in [4.78, 5) is 22.6. The molecule has 1 heterocycles. The fourth-order valence-electron chi connectivity index (χ4n) is 1.04. The van der Waals surface area contributed by atoms with Crippen LogP contribution in [0.5, 0.6) is 0 Å². The number of carbonyl (C=O) groups is 1. The van der Waals surface area contributed by atoms with Gasteiger partial charge in [-0.05, 0) is 13.0 Å². The van der Waals surface area contributed by atoms with E-state index >= 15 is 0 Å². The van der Waals surface area contributed by atoms with Gasteiger partial charge in [-0.15, -0.1) is 0 Å². The van der Waals surface area contributed by atoms with E-state index in [2.05, 4.69) is 10.4 Å². The molecule has 7 nitrogen and oxygen atoms in total. The van der Waals surface area contributed by atoms with Gasteiger partial charge in [0.05, 0.1) is 6.61 Å². The molecule has 1 atom stereocenters. The van der Waals surface area contributed by atoms with Gasteiger partial charge in [0, 0.05) is 19.7 Å². The van der Waals surface area contributed by atoms with Crippen molar-refractivity contribution in [1.82, 2.24) is 15.1 Å². The maximum atomic E-state index is 11.6. The third-order valence-electron chi connectivity index (χ3n) is 2.16. The Morgan fingerprint density at radius 2 is 2.24 bits per heavy atom. The fourth-order valence-corrected chi connectivity index (χ4v) is 1.04. The smallest absolute Gasteiger partial charge is 0.271 e. The average Bonchev–Trinajstić information content (AvgIpc) is 2.30. The number of hydrogen-bond acceptors (Lipinski definition) is 5. The van der Waals surface area contributed by atoms with E-state index in [4.69, 9.17) is 5.11 Å². The molecule has 0 spiro atoms. The van der Waals surface area contributed by atoms with Gasteiger partial charge in [-0.2, -0.15) is 5.10 Å². The van der Waals surface area contributed by atoms with Gasteiger partial charge >= 0.3 is 0 Å². The van der Waals surface area contributed by atoms with Crippen molar-refractivity contribution in [2.24, 2.45) is 7.05 Å². The first-order valence-electron chi connectivity index (χ1n) is 5.01. The van der Waals surface area contributed by atoms with Crippen molar-refractivity contribution in [3.8, 4) is 0 Å². The van der Waals surface area contributed by atoms with Crippen LogP contribution in [0, 0.1) is 0 Å². The average molecular weight is 241 g/mol. The van der Waals surface area contributed by atoms with E-state index in [1.807, 2.05) is 0 Å². The van der Waals surface area contributed by atoms with Crippen molar-refractivity contribution >= 4 is 5.91 Å².